The number of halogens is 5. The van der Waals surface area contributed by atoms with Gasteiger partial charge in [-0.05, 0) is 23.0 Å². The van der Waals surface area contributed by atoms with E-state index in [0.29, 0.717) is 23.0 Å². The fraction of sp³-hybridized carbons (Fsp3) is 0.636. The smallest absolute Gasteiger partial charge is 0.200 e. The Kier molecular flexibility index (Phi) is 8.74. The van der Waals surface area contributed by atoms with Crippen LogP contribution in [0.15, 0.2) is 0 Å². The van der Waals surface area contributed by atoms with Crippen molar-refractivity contribution in [3.8, 4) is 11.5 Å². The van der Waals surface area contributed by atoms with Crippen molar-refractivity contribution < 1.29 is 22.0 Å². The molecule has 158 valence electrons. The van der Waals surface area contributed by atoms with Gasteiger partial charge in [-0.3, -0.25) is 0 Å². The van der Waals surface area contributed by atoms with Crippen molar-refractivity contribution in [1.82, 2.24) is 0 Å². The number of hydrogen-bond donors (Lipinski definition) is 0. The molecule has 0 bridgehead atoms. The zero-order valence-electron chi connectivity index (χ0n) is 17.8. The van der Waals surface area contributed by atoms with Crippen LogP contribution in [0.3, 0.4) is 0 Å². The molecule has 0 aliphatic carbocycles. The second-order valence-electron chi connectivity index (χ2n) is 8.34. The number of hydrogen-bond acceptors (Lipinski definition) is 0. The third kappa shape index (κ3) is 4.62. The van der Waals surface area contributed by atoms with Crippen LogP contribution in [0.25, 0.3) is 0 Å². The van der Waals surface area contributed by atoms with Gasteiger partial charge in [-0.1, -0.05) is 61.3 Å². The predicted octanol–water partition coefficient (Wildman–Crippen LogP) is 7.88. The molecule has 0 spiro atoms. The monoisotopic (exact) mass is 418 g/mol. The van der Waals surface area contributed by atoms with E-state index in [1.807, 2.05) is 6.92 Å². The summed E-state index contributed by atoms with van der Waals surface area (Å²) in [5.74, 6) is -7.50. The second-order valence-corrected chi connectivity index (χ2v) is 13.9. The summed E-state index contributed by atoms with van der Waals surface area (Å²) in [7, 11) is -2.20. The Morgan fingerprint density at radius 2 is 1.11 bits per heavy atom. The maximum atomic E-state index is 14.4. The highest BCUT2D eigenvalue weighted by molar-refractivity contribution is 6.90. The Labute approximate surface area is 166 Å². The standard InChI is InChI=1S/C22H31F5Si/c1-8-9-10-16(11-12-28(13(2)3,14(4)5)15(6)7)17-18(23)20(25)22(27)21(26)19(17)24/h13-16H,8-10H2,1-7H3. The minimum atomic E-state index is -2.20. The summed E-state index contributed by atoms with van der Waals surface area (Å²) in [5.41, 5.74) is 3.45. The van der Waals surface area contributed by atoms with Crippen LogP contribution in [0.2, 0.25) is 16.6 Å². The topological polar surface area (TPSA) is 0 Å². The van der Waals surface area contributed by atoms with Gasteiger partial charge in [0.25, 0.3) is 0 Å². The highest BCUT2D eigenvalue weighted by Gasteiger charge is 2.42. The van der Waals surface area contributed by atoms with E-state index in [-0.39, 0.29) is 6.42 Å². The van der Waals surface area contributed by atoms with E-state index in [9.17, 15) is 22.0 Å². The first-order valence-electron chi connectivity index (χ1n) is 9.97. The molecular weight excluding hydrogens is 387 g/mol. The molecule has 0 aromatic heterocycles. The summed E-state index contributed by atoms with van der Waals surface area (Å²) in [6.45, 7) is 14.5. The third-order valence-electron chi connectivity index (χ3n) is 5.77. The zero-order valence-corrected chi connectivity index (χ0v) is 18.8. The largest absolute Gasteiger partial charge is 0.203 e. The summed E-state index contributed by atoms with van der Waals surface area (Å²) < 4.78 is 69.7. The van der Waals surface area contributed by atoms with Gasteiger partial charge in [0.05, 0.1) is 5.92 Å². The first-order valence-corrected chi connectivity index (χ1v) is 12.2. The normalized spacial score (nSPS) is 13.2. The number of benzene rings is 1. The molecule has 0 N–H and O–H groups in total. The molecular formula is C22H31F5Si. The summed E-state index contributed by atoms with van der Waals surface area (Å²) in [6.07, 6.45) is 1.56. The van der Waals surface area contributed by atoms with Crippen LogP contribution < -0.4 is 0 Å². The average molecular weight is 419 g/mol. The SMILES string of the molecule is CCCCC(C#C[Si](C(C)C)(C(C)C)C(C)C)c1c(F)c(F)c(F)c(F)c1F. The van der Waals surface area contributed by atoms with Crippen LogP contribution in [0.1, 0.15) is 79.2 Å². The van der Waals surface area contributed by atoms with Gasteiger partial charge >= 0.3 is 0 Å². The van der Waals surface area contributed by atoms with Gasteiger partial charge in [-0.2, -0.15) is 0 Å². The first kappa shape index (κ1) is 24.7. The second kappa shape index (κ2) is 9.91. The van der Waals surface area contributed by atoms with Gasteiger partial charge in [0, 0.05) is 5.56 Å². The van der Waals surface area contributed by atoms with E-state index in [2.05, 4.69) is 53.0 Å². The highest BCUT2D eigenvalue weighted by atomic mass is 28.3. The maximum Gasteiger partial charge on any atom is 0.200 e. The van der Waals surface area contributed by atoms with E-state index >= 15 is 0 Å². The van der Waals surface area contributed by atoms with Crippen molar-refractivity contribution >= 4 is 8.07 Å². The van der Waals surface area contributed by atoms with E-state index in [4.69, 9.17) is 0 Å². The lowest BCUT2D eigenvalue weighted by Crippen LogP contribution is -2.43. The predicted molar refractivity (Wildman–Crippen MR) is 107 cm³/mol. The molecule has 28 heavy (non-hydrogen) atoms. The first-order chi connectivity index (χ1) is 12.9. The molecule has 6 heteroatoms. The number of rotatable bonds is 7. The zero-order chi connectivity index (χ0) is 21.8. The molecule has 0 amide bonds. The average Bonchev–Trinajstić information content (AvgIpc) is 2.61. The molecule has 0 fully saturated rings. The van der Waals surface area contributed by atoms with Gasteiger partial charge in [-0.25, -0.2) is 22.0 Å². The summed E-state index contributed by atoms with van der Waals surface area (Å²) >= 11 is 0. The van der Waals surface area contributed by atoms with Gasteiger partial charge in [-0.15, -0.1) is 11.5 Å². The molecule has 1 atom stereocenters. The molecule has 1 aromatic rings. The quantitative estimate of drug-likeness (QED) is 0.139. The van der Waals surface area contributed by atoms with Crippen molar-refractivity contribution in [1.29, 1.82) is 0 Å². The van der Waals surface area contributed by atoms with Gasteiger partial charge in [0.15, 0.2) is 23.3 Å². The molecule has 1 aromatic carbocycles. The van der Waals surface area contributed by atoms with Crippen LogP contribution in [-0.2, 0) is 0 Å². The van der Waals surface area contributed by atoms with Crippen LogP contribution >= 0.6 is 0 Å². The van der Waals surface area contributed by atoms with E-state index in [1.165, 1.54) is 0 Å². The van der Waals surface area contributed by atoms with Crippen molar-refractivity contribution in [2.24, 2.45) is 0 Å². The van der Waals surface area contributed by atoms with Crippen LogP contribution in [-0.4, -0.2) is 8.07 Å². The van der Waals surface area contributed by atoms with Crippen molar-refractivity contribution in [2.75, 3.05) is 0 Å². The van der Waals surface area contributed by atoms with Crippen LogP contribution in [0, 0.1) is 40.6 Å². The van der Waals surface area contributed by atoms with E-state index in [0.717, 1.165) is 6.42 Å². The Hall–Kier alpha value is -1.35. The van der Waals surface area contributed by atoms with E-state index in [1.54, 1.807) is 0 Å². The van der Waals surface area contributed by atoms with Crippen LogP contribution in [0.4, 0.5) is 22.0 Å². The minimum absolute atomic E-state index is 0.251. The molecule has 1 rings (SSSR count). The highest BCUT2D eigenvalue weighted by Crippen LogP contribution is 2.41. The lowest BCUT2D eigenvalue weighted by Gasteiger charge is -2.38. The molecule has 0 saturated carbocycles. The Morgan fingerprint density at radius 3 is 1.46 bits per heavy atom. The van der Waals surface area contributed by atoms with Crippen molar-refractivity contribution in [3.05, 3.63) is 34.6 Å². The molecule has 0 saturated heterocycles. The minimum Gasteiger partial charge on any atom is -0.203 e. The fourth-order valence-electron chi connectivity index (χ4n) is 4.27. The maximum absolute atomic E-state index is 14.4. The van der Waals surface area contributed by atoms with Gasteiger partial charge in [0.1, 0.15) is 8.07 Å². The van der Waals surface area contributed by atoms with Crippen LogP contribution in [0.5, 0.6) is 0 Å². The van der Waals surface area contributed by atoms with Crippen molar-refractivity contribution in [3.63, 3.8) is 0 Å². The van der Waals surface area contributed by atoms with Gasteiger partial charge < -0.3 is 0 Å². The van der Waals surface area contributed by atoms with Crippen molar-refractivity contribution in [2.45, 2.75) is 90.3 Å². The lowest BCUT2D eigenvalue weighted by atomic mass is 9.93. The molecule has 0 radical (unpaired) electrons. The molecule has 1 unspecified atom stereocenters. The summed E-state index contributed by atoms with van der Waals surface area (Å²) in [5, 5.41) is 0. The third-order valence-corrected chi connectivity index (χ3v) is 12.1. The molecule has 0 nitrogen and oxygen atoms in total. The Balaban J connectivity index is 3.67. The van der Waals surface area contributed by atoms with E-state index < -0.39 is 48.6 Å². The number of unbranched alkanes of at least 4 members (excludes halogenated alkanes) is 1. The fourth-order valence-corrected chi connectivity index (χ4v) is 9.56. The Bertz CT molecular complexity index is 693. The molecule has 0 aliphatic heterocycles. The van der Waals surface area contributed by atoms with Gasteiger partial charge in [0.2, 0.25) is 5.82 Å². The summed E-state index contributed by atoms with van der Waals surface area (Å²) in [4.78, 5) is 0. The molecule has 0 heterocycles. The molecule has 0 aliphatic rings. The Morgan fingerprint density at radius 1 is 0.714 bits per heavy atom. The summed E-state index contributed by atoms with van der Waals surface area (Å²) in [6, 6.07) is 0. The lowest BCUT2D eigenvalue weighted by molar-refractivity contribution is 0.366.